The second-order valence-electron chi connectivity index (χ2n) is 5.91. The molecule has 118 valence electrons. The van der Waals surface area contributed by atoms with Gasteiger partial charge in [0.25, 0.3) is 0 Å². The molecule has 0 aliphatic carbocycles. The highest BCUT2D eigenvalue weighted by atomic mass is 32.2. The van der Waals surface area contributed by atoms with Crippen molar-refractivity contribution in [2.75, 3.05) is 0 Å². The van der Waals surface area contributed by atoms with Crippen LogP contribution in [0.4, 0.5) is 0 Å². The van der Waals surface area contributed by atoms with Gasteiger partial charge < -0.3 is 4.57 Å². The number of nitrogens with zero attached hydrogens (tertiary/aromatic N) is 3. The predicted octanol–water partition coefficient (Wildman–Crippen LogP) is 1.69. The summed E-state index contributed by atoms with van der Waals surface area (Å²) in [6.07, 6.45) is 1.48. The molecule has 1 aliphatic heterocycles. The Balaban J connectivity index is 1.79. The Bertz CT molecular complexity index is 753. The fourth-order valence-electron chi connectivity index (χ4n) is 2.76. The van der Waals surface area contributed by atoms with E-state index < -0.39 is 10.0 Å². The highest BCUT2D eigenvalue weighted by Crippen LogP contribution is 2.21. The molecule has 0 unspecified atom stereocenters. The monoisotopic (exact) mass is 320 g/mol. The van der Waals surface area contributed by atoms with Crippen LogP contribution >= 0.6 is 0 Å². The highest BCUT2D eigenvalue weighted by Gasteiger charge is 2.27. The first-order valence-corrected chi connectivity index (χ1v) is 8.95. The van der Waals surface area contributed by atoms with Gasteiger partial charge in [0.1, 0.15) is 11.6 Å². The van der Waals surface area contributed by atoms with Gasteiger partial charge in [-0.2, -0.15) is 0 Å². The third-order valence-electron chi connectivity index (χ3n) is 3.87. The summed E-state index contributed by atoms with van der Waals surface area (Å²) < 4.78 is 29.7. The van der Waals surface area contributed by atoms with Crippen LogP contribution in [0.3, 0.4) is 0 Å². The minimum atomic E-state index is -3.48. The molecule has 22 heavy (non-hydrogen) atoms. The molecule has 0 amide bonds. The van der Waals surface area contributed by atoms with Crippen molar-refractivity contribution in [3.8, 4) is 0 Å². The van der Waals surface area contributed by atoms with Crippen molar-refractivity contribution in [1.29, 1.82) is 0 Å². The Labute approximate surface area is 130 Å². The summed E-state index contributed by atoms with van der Waals surface area (Å²) >= 11 is 0. The molecule has 1 aromatic carbocycles. The lowest BCUT2D eigenvalue weighted by Crippen LogP contribution is -2.41. The van der Waals surface area contributed by atoms with Crippen LogP contribution in [0.1, 0.15) is 37.8 Å². The second kappa shape index (κ2) is 5.81. The largest absolute Gasteiger partial charge is 0.313 e. The molecular weight excluding hydrogens is 300 g/mol. The number of hydrogen-bond donors (Lipinski definition) is 1. The molecule has 2 heterocycles. The van der Waals surface area contributed by atoms with Gasteiger partial charge >= 0.3 is 0 Å². The van der Waals surface area contributed by atoms with Crippen LogP contribution in [0.15, 0.2) is 35.2 Å². The fourth-order valence-corrected chi connectivity index (χ4v) is 4.04. The summed E-state index contributed by atoms with van der Waals surface area (Å²) in [6, 6.07) is 8.34. The van der Waals surface area contributed by atoms with E-state index in [0.29, 0.717) is 11.4 Å². The van der Waals surface area contributed by atoms with Gasteiger partial charge in [0.2, 0.25) is 10.0 Å². The average Bonchev–Trinajstić information content (AvgIpc) is 2.91. The summed E-state index contributed by atoms with van der Waals surface area (Å²) in [5.41, 5.74) is 0. The summed E-state index contributed by atoms with van der Waals surface area (Å²) in [4.78, 5) is 0.300. The van der Waals surface area contributed by atoms with Gasteiger partial charge in [0, 0.05) is 24.9 Å². The molecule has 0 saturated carbocycles. The van der Waals surface area contributed by atoms with Crippen molar-refractivity contribution < 1.29 is 8.42 Å². The van der Waals surface area contributed by atoms with E-state index in [4.69, 9.17) is 0 Å². The van der Waals surface area contributed by atoms with Gasteiger partial charge in [0.15, 0.2) is 0 Å². The number of hydrogen-bond acceptors (Lipinski definition) is 4. The van der Waals surface area contributed by atoms with Gasteiger partial charge in [-0.15, -0.1) is 10.2 Å². The lowest BCUT2D eigenvalue weighted by Gasteiger charge is -2.25. The quantitative estimate of drug-likeness (QED) is 0.930. The van der Waals surface area contributed by atoms with Crippen LogP contribution in [0.2, 0.25) is 0 Å². The first kappa shape index (κ1) is 15.2. The maximum Gasteiger partial charge on any atom is 0.240 e. The molecule has 1 N–H and O–H groups in total. The van der Waals surface area contributed by atoms with Crippen molar-refractivity contribution in [3.05, 3.63) is 42.0 Å². The van der Waals surface area contributed by atoms with E-state index in [1.165, 1.54) is 0 Å². The third kappa shape index (κ3) is 2.91. The lowest BCUT2D eigenvalue weighted by molar-refractivity contribution is 0.410. The van der Waals surface area contributed by atoms with Gasteiger partial charge in [0.05, 0.1) is 4.90 Å². The van der Waals surface area contributed by atoms with E-state index in [0.717, 1.165) is 24.5 Å². The predicted molar refractivity (Wildman–Crippen MR) is 83.0 cm³/mol. The summed E-state index contributed by atoms with van der Waals surface area (Å²) in [5, 5.41) is 8.42. The molecule has 0 spiro atoms. The summed E-state index contributed by atoms with van der Waals surface area (Å²) in [6.45, 7) is 4.71. The number of nitrogens with one attached hydrogen (secondary N) is 1. The topological polar surface area (TPSA) is 76.9 Å². The molecule has 3 rings (SSSR count). The van der Waals surface area contributed by atoms with Crippen LogP contribution in [-0.2, 0) is 23.0 Å². The molecule has 6 nitrogen and oxygen atoms in total. The smallest absolute Gasteiger partial charge is 0.240 e. The van der Waals surface area contributed by atoms with Crippen LogP contribution in [0.5, 0.6) is 0 Å². The van der Waals surface area contributed by atoms with E-state index in [1.54, 1.807) is 30.3 Å². The van der Waals surface area contributed by atoms with Crippen LogP contribution in [-0.4, -0.2) is 29.2 Å². The number of rotatable bonds is 4. The Morgan fingerprint density at radius 1 is 1.23 bits per heavy atom. The number of aryl methyl sites for hydroxylation is 1. The van der Waals surface area contributed by atoms with E-state index in [1.807, 2.05) is 4.57 Å². The van der Waals surface area contributed by atoms with Crippen LogP contribution < -0.4 is 4.72 Å². The second-order valence-corrected chi connectivity index (χ2v) is 7.62. The molecule has 0 saturated heterocycles. The normalized spacial score (nSPS) is 18.4. The van der Waals surface area contributed by atoms with Crippen molar-refractivity contribution in [1.82, 2.24) is 19.5 Å². The SMILES string of the molecule is CC(C)c1nnc2n1C[C@H](NS(=O)(=O)c1ccccc1)CC2. The summed E-state index contributed by atoms with van der Waals surface area (Å²) in [7, 11) is -3.48. The molecule has 0 radical (unpaired) electrons. The van der Waals surface area contributed by atoms with E-state index in [9.17, 15) is 8.42 Å². The van der Waals surface area contributed by atoms with Gasteiger partial charge in [-0.3, -0.25) is 0 Å². The fraction of sp³-hybridized carbons (Fsp3) is 0.467. The van der Waals surface area contributed by atoms with E-state index in [2.05, 4.69) is 28.8 Å². The zero-order valence-electron chi connectivity index (χ0n) is 12.7. The van der Waals surface area contributed by atoms with Crippen LogP contribution in [0.25, 0.3) is 0 Å². The molecule has 1 aromatic heterocycles. The molecule has 1 aliphatic rings. The van der Waals surface area contributed by atoms with Crippen molar-refractivity contribution >= 4 is 10.0 Å². The molecule has 7 heteroatoms. The number of benzene rings is 1. The van der Waals surface area contributed by atoms with Crippen LogP contribution in [0, 0.1) is 0 Å². The van der Waals surface area contributed by atoms with Crippen molar-refractivity contribution in [3.63, 3.8) is 0 Å². The number of fused-ring (bicyclic) bond motifs is 1. The highest BCUT2D eigenvalue weighted by molar-refractivity contribution is 7.89. The minimum absolute atomic E-state index is 0.133. The third-order valence-corrected chi connectivity index (χ3v) is 5.40. The molecule has 1 atom stereocenters. The Morgan fingerprint density at radius 3 is 2.64 bits per heavy atom. The Hall–Kier alpha value is -1.73. The zero-order chi connectivity index (χ0) is 15.7. The van der Waals surface area contributed by atoms with E-state index >= 15 is 0 Å². The van der Waals surface area contributed by atoms with Gasteiger partial charge in [-0.1, -0.05) is 32.0 Å². The zero-order valence-corrected chi connectivity index (χ0v) is 13.5. The van der Waals surface area contributed by atoms with Gasteiger partial charge in [-0.25, -0.2) is 13.1 Å². The molecule has 2 aromatic rings. The lowest BCUT2D eigenvalue weighted by atomic mass is 10.1. The molecular formula is C15H20N4O2S. The maximum atomic E-state index is 12.4. The van der Waals surface area contributed by atoms with E-state index in [-0.39, 0.29) is 12.0 Å². The minimum Gasteiger partial charge on any atom is -0.313 e. The molecule has 0 fully saturated rings. The first-order chi connectivity index (χ1) is 10.5. The van der Waals surface area contributed by atoms with Crippen molar-refractivity contribution in [2.24, 2.45) is 0 Å². The van der Waals surface area contributed by atoms with Crippen molar-refractivity contribution in [2.45, 2.75) is 50.1 Å². The number of sulfonamides is 1. The number of aromatic nitrogens is 3. The first-order valence-electron chi connectivity index (χ1n) is 7.47. The maximum absolute atomic E-state index is 12.4. The standard InChI is InChI=1S/C15H20N4O2S/c1-11(2)15-17-16-14-9-8-12(10-19(14)15)18-22(20,21)13-6-4-3-5-7-13/h3-7,11-12,18H,8-10H2,1-2H3/t12-/m1/s1. The Morgan fingerprint density at radius 2 is 1.95 bits per heavy atom. The molecule has 0 bridgehead atoms. The van der Waals surface area contributed by atoms with Gasteiger partial charge in [-0.05, 0) is 18.6 Å². The average molecular weight is 320 g/mol. The Kier molecular flexibility index (Phi) is 4.01. The summed E-state index contributed by atoms with van der Waals surface area (Å²) in [5.74, 6) is 2.13.